The molecule has 0 saturated heterocycles. The van der Waals surface area contributed by atoms with Crippen molar-refractivity contribution in [3.63, 3.8) is 0 Å². The van der Waals surface area contributed by atoms with Crippen molar-refractivity contribution >= 4 is 34.8 Å². The molecule has 35 heavy (non-hydrogen) atoms. The molecule has 1 aliphatic heterocycles. The largest absolute Gasteiger partial charge is 0.322 e. The number of rotatable bonds is 3. The smallest absolute Gasteiger partial charge is 0.259 e. The highest BCUT2D eigenvalue weighted by molar-refractivity contribution is 6.35. The molecule has 0 aromatic heterocycles. The van der Waals surface area contributed by atoms with Crippen LogP contribution in [0.4, 0.5) is 11.4 Å². The van der Waals surface area contributed by atoms with Crippen LogP contribution in [0, 0.1) is 13.8 Å². The second kappa shape index (κ2) is 9.40. The highest BCUT2D eigenvalue weighted by Gasteiger charge is 2.26. The van der Waals surface area contributed by atoms with Gasteiger partial charge in [0.2, 0.25) is 0 Å². The van der Waals surface area contributed by atoms with Crippen molar-refractivity contribution in [1.29, 1.82) is 0 Å². The summed E-state index contributed by atoms with van der Waals surface area (Å²) >= 11 is 6.59. The maximum absolute atomic E-state index is 13.7. The lowest BCUT2D eigenvalue weighted by Crippen LogP contribution is -2.32. The summed E-state index contributed by atoms with van der Waals surface area (Å²) in [6.07, 6.45) is 0.748. The molecule has 0 saturated carbocycles. The number of amides is 2. The van der Waals surface area contributed by atoms with Crippen molar-refractivity contribution in [1.82, 2.24) is 0 Å². The Kier molecular flexibility index (Phi) is 6.14. The van der Waals surface area contributed by atoms with Crippen LogP contribution in [0.5, 0.6) is 0 Å². The number of anilines is 2. The van der Waals surface area contributed by atoms with Gasteiger partial charge in [-0.3, -0.25) is 9.59 Å². The molecule has 2 amide bonds. The zero-order chi connectivity index (χ0) is 24.5. The van der Waals surface area contributed by atoms with Gasteiger partial charge in [0.1, 0.15) is 0 Å². The monoisotopic (exact) mass is 480 g/mol. The SMILES string of the molecule is Cc1cccc(C(=O)Nc2ccc(C(=O)N3CCc4ccccc4-c4ccccc43)c(Cl)c2)c1C. The van der Waals surface area contributed by atoms with Gasteiger partial charge in [0.05, 0.1) is 16.3 Å². The molecule has 0 atom stereocenters. The highest BCUT2D eigenvalue weighted by atomic mass is 35.5. The second-order valence-corrected chi connectivity index (χ2v) is 9.18. The molecule has 5 rings (SSSR count). The molecule has 1 aliphatic rings. The second-order valence-electron chi connectivity index (χ2n) is 8.78. The Balaban J connectivity index is 1.43. The number of hydrogen-bond acceptors (Lipinski definition) is 2. The Morgan fingerprint density at radius 3 is 2.37 bits per heavy atom. The van der Waals surface area contributed by atoms with Gasteiger partial charge < -0.3 is 10.2 Å². The Bertz CT molecular complexity index is 1460. The molecule has 5 heteroatoms. The molecule has 1 heterocycles. The van der Waals surface area contributed by atoms with Crippen LogP contribution in [0.25, 0.3) is 11.1 Å². The summed E-state index contributed by atoms with van der Waals surface area (Å²) in [6, 6.07) is 26.9. The van der Waals surface area contributed by atoms with E-state index in [-0.39, 0.29) is 11.8 Å². The topological polar surface area (TPSA) is 49.4 Å². The first kappa shape index (κ1) is 22.9. The van der Waals surface area contributed by atoms with E-state index in [0.29, 0.717) is 28.4 Å². The summed E-state index contributed by atoms with van der Waals surface area (Å²) in [7, 11) is 0. The van der Waals surface area contributed by atoms with Crippen LogP contribution in [0.2, 0.25) is 5.02 Å². The van der Waals surface area contributed by atoms with E-state index < -0.39 is 0 Å². The molecular formula is C30H25ClN2O2. The lowest BCUT2D eigenvalue weighted by molar-refractivity contribution is 0.0986. The van der Waals surface area contributed by atoms with Crippen LogP contribution >= 0.6 is 11.6 Å². The number of carbonyl (C=O) groups excluding carboxylic acids is 2. The molecule has 0 fully saturated rings. The lowest BCUT2D eigenvalue weighted by atomic mass is 9.98. The van der Waals surface area contributed by atoms with E-state index in [1.807, 2.05) is 62.4 Å². The average Bonchev–Trinajstić information content (AvgIpc) is 3.02. The Morgan fingerprint density at radius 1 is 0.829 bits per heavy atom. The summed E-state index contributed by atoms with van der Waals surface area (Å²) in [5.41, 5.74) is 7.80. The summed E-state index contributed by atoms with van der Waals surface area (Å²) in [5.74, 6) is -0.372. The van der Waals surface area contributed by atoms with E-state index in [1.54, 1.807) is 29.2 Å². The Morgan fingerprint density at radius 2 is 1.57 bits per heavy atom. The molecule has 4 aromatic rings. The van der Waals surface area contributed by atoms with E-state index in [1.165, 1.54) is 5.56 Å². The van der Waals surface area contributed by atoms with Crippen LogP contribution in [0.3, 0.4) is 0 Å². The fourth-order valence-electron chi connectivity index (χ4n) is 4.61. The molecule has 174 valence electrons. The highest BCUT2D eigenvalue weighted by Crippen LogP contribution is 2.37. The van der Waals surface area contributed by atoms with E-state index in [2.05, 4.69) is 17.4 Å². The lowest BCUT2D eigenvalue weighted by Gasteiger charge is -2.23. The van der Waals surface area contributed by atoms with Gasteiger partial charge in [-0.25, -0.2) is 0 Å². The number of halogens is 1. The molecular weight excluding hydrogens is 456 g/mol. The standard InChI is InChI=1S/C30H25ClN2O2/c1-19-8-7-12-23(20(19)2)29(34)32-22-14-15-26(27(31)18-22)30(35)33-17-16-21-9-3-4-10-24(21)25-11-5-6-13-28(25)33/h3-15,18H,16-17H2,1-2H3,(H,32,34). The fourth-order valence-corrected chi connectivity index (χ4v) is 4.87. The number of nitrogens with one attached hydrogen (secondary N) is 1. The predicted octanol–water partition coefficient (Wildman–Crippen LogP) is 7.08. The third kappa shape index (κ3) is 4.33. The van der Waals surface area contributed by atoms with Crippen LogP contribution in [0.15, 0.2) is 84.9 Å². The van der Waals surface area contributed by atoms with Crippen LogP contribution in [0.1, 0.15) is 37.4 Å². The van der Waals surface area contributed by atoms with Gasteiger partial charge in [0, 0.05) is 23.4 Å². The third-order valence-electron chi connectivity index (χ3n) is 6.66. The molecule has 4 aromatic carbocycles. The van der Waals surface area contributed by atoms with E-state index in [4.69, 9.17) is 11.6 Å². The number of para-hydroxylation sites is 1. The zero-order valence-electron chi connectivity index (χ0n) is 19.6. The number of carbonyl (C=O) groups is 2. The molecule has 0 radical (unpaired) electrons. The summed E-state index contributed by atoms with van der Waals surface area (Å²) in [6.45, 7) is 4.45. The number of nitrogens with zero attached hydrogens (tertiary/aromatic N) is 1. The normalized spacial score (nSPS) is 12.4. The summed E-state index contributed by atoms with van der Waals surface area (Å²) < 4.78 is 0. The van der Waals surface area contributed by atoms with E-state index in [9.17, 15) is 9.59 Å². The summed E-state index contributed by atoms with van der Waals surface area (Å²) in [4.78, 5) is 28.3. The van der Waals surface area contributed by atoms with Crippen molar-refractivity contribution in [3.05, 3.63) is 118 Å². The van der Waals surface area contributed by atoms with Crippen molar-refractivity contribution in [2.45, 2.75) is 20.3 Å². The predicted molar refractivity (Wildman–Crippen MR) is 143 cm³/mol. The van der Waals surface area contributed by atoms with Gasteiger partial charge in [-0.15, -0.1) is 0 Å². The van der Waals surface area contributed by atoms with Crippen LogP contribution in [-0.2, 0) is 6.42 Å². The first-order chi connectivity index (χ1) is 16.9. The van der Waals surface area contributed by atoms with Crippen molar-refractivity contribution in [2.75, 3.05) is 16.8 Å². The molecule has 0 spiro atoms. The van der Waals surface area contributed by atoms with Crippen molar-refractivity contribution in [2.24, 2.45) is 0 Å². The minimum atomic E-state index is -0.208. The number of hydrogen-bond donors (Lipinski definition) is 1. The van der Waals surface area contributed by atoms with Gasteiger partial charge in [-0.2, -0.15) is 0 Å². The molecule has 0 bridgehead atoms. The van der Waals surface area contributed by atoms with Crippen molar-refractivity contribution in [3.8, 4) is 11.1 Å². The minimum absolute atomic E-state index is 0.164. The third-order valence-corrected chi connectivity index (χ3v) is 6.97. The fraction of sp³-hybridized carbons (Fsp3) is 0.133. The van der Waals surface area contributed by atoms with Gasteiger partial charge in [0.15, 0.2) is 0 Å². The van der Waals surface area contributed by atoms with Crippen LogP contribution in [-0.4, -0.2) is 18.4 Å². The molecule has 1 N–H and O–H groups in total. The van der Waals surface area contributed by atoms with E-state index in [0.717, 1.165) is 34.4 Å². The maximum Gasteiger partial charge on any atom is 0.259 e. The number of fused-ring (bicyclic) bond motifs is 3. The number of benzene rings is 4. The van der Waals surface area contributed by atoms with E-state index >= 15 is 0 Å². The van der Waals surface area contributed by atoms with Gasteiger partial charge in [-0.05, 0) is 72.9 Å². The molecule has 0 unspecified atom stereocenters. The van der Waals surface area contributed by atoms with Crippen LogP contribution < -0.4 is 10.2 Å². The average molecular weight is 481 g/mol. The van der Waals surface area contributed by atoms with Gasteiger partial charge >= 0.3 is 0 Å². The minimum Gasteiger partial charge on any atom is -0.322 e. The first-order valence-electron chi connectivity index (χ1n) is 11.6. The molecule has 4 nitrogen and oxygen atoms in total. The first-order valence-corrected chi connectivity index (χ1v) is 12.0. The summed E-state index contributed by atoms with van der Waals surface area (Å²) in [5, 5.41) is 3.20. The zero-order valence-corrected chi connectivity index (χ0v) is 20.4. The van der Waals surface area contributed by atoms with Crippen molar-refractivity contribution < 1.29 is 9.59 Å². The molecule has 0 aliphatic carbocycles. The Hall–Kier alpha value is -3.89. The quantitative estimate of drug-likeness (QED) is 0.340. The number of aryl methyl sites for hydroxylation is 1. The van der Waals surface area contributed by atoms with Gasteiger partial charge in [-0.1, -0.05) is 66.2 Å². The Labute approximate surface area is 210 Å². The maximum atomic E-state index is 13.7. The van der Waals surface area contributed by atoms with Gasteiger partial charge in [0.25, 0.3) is 11.8 Å².